The maximum Gasteiger partial charge on any atom is 0.263 e. The van der Waals surface area contributed by atoms with Gasteiger partial charge < -0.3 is 5.32 Å². The van der Waals surface area contributed by atoms with Crippen LogP contribution in [0.4, 0.5) is 0 Å². The molecule has 1 aromatic carbocycles. The summed E-state index contributed by atoms with van der Waals surface area (Å²) in [6.45, 7) is 6.59. The molecule has 0 atom stereocenters. The second kappa shape index (κ2) is 8.94. The number of carbonyl (C=O) groups is 1. The Morgan fingerprint density at radius 1 is 1.20 bits per heavy atom. The van der Waals surface area contributed by atoms with Crippen molar-refractivity contribution in [2.24, 2.45) is 0 Å². The number of aryl methyl sites for hydroxylation is 3. The number of rotatable bonds is 6. The number of thiophene rings is 1. The summed E-state index contributed by atoms with van der Waals surface area (Å²) >= 11 is 2.93. The van der Waals surface area contributed by atoms with Crippen LogP contribution in [0.15, 0.2) is 34.2 Å². The number of benzene rings is 1. The molecular formula is C23H27N3O2S2. The molecule has 2 heterocycles. The SMILES string of the molecule is Cc1ccc(CNC(=O)CSc2nc3sc(C)c(C)c3c(=O)n2C2CCCC2)cc1. The van der Waals surface area contributed by atoms with E-state index in [2.05, 4.69) is 5.32 Å². The molecule has 0 bridgehead atoms. The van der Waals surface area contributed by atoms with Gasteiger partial charge in [-0.1, -0.05) is 54.4 Å². The minimum Gasteiger partial charge on any atom is -0.351 e. The first kappa shape index (κ1) is 21.1. The summed E-state index contributed by atoms with van der Waals surface area (Å²) in [5.41, 5.74) is 3.36. The van der Waals surface area contributed by atoms with Crippen molar-refractivity contribution in [2.75, 3.05) is 5.75 Å². The molecule has 2 aromatic heterocycles. The summed E-state index contributed by atoms with van der Waals surface area (Å²) in [5.74, 6) is 0.200. The van der Waals surface area contributed by atoms with Crippen molar-refractivity contribution in [2.45, 2.75) is 64.2 Å². The Balaban J connectivity index is 1.53. The number of aromatic nitrogens is 2. The standard InChI is InChI=1S/C23H27N3O2S2/c1-14-8-10-17(11-9-14)12-24-19(27)13-29-23-25-21-20(15(2)16(3)30-21)22(28)26(23)18-6-4-5-7-18/h8-11,18H,4-7,12-13H2,1-3H3,(H,24,27). The highest BCUT2D eigenvalue weighted by atomic mass is 32.2. The summed E-state index contributed by atoms with van der Waals surface area (Å²) in [6.07, 6.45) is 4.28. The minimum atomic E-state index is -0.0496. The molecule has 0 radical (unpaired) electrons. The van der Waals surface area contributed by atoms with E-state index in [1.54, 1.807) is 11.3 Å². The lowest BCUT2D eigenvalue weighted by atomic mass is 10.1. The number of nitrogens with zero attached hydrogens (tertiary/aromatic N) is 2. The van der Waals surface area contributed by atoms with Crippen molar-refractivity contribution in [3.63, 3.8) is 0 Å². The van der Waals surface area contributed by atoms with Crippen LogP contribution in [0, 0.1) is 20.8 Å². The van der Waals surface area contributed by atoms with Gasteiger partial charge >= 0.3 is 0 Å². The molecular weight excluding hydrogens is 414 g/mol. The average Bonchev–Trinajstić information content (AvgIpc) is 3.34. The number of hydrogen-bond acceptors (Lipinski definition) is 5. The van der Waals surface area contributed by atoms with Gasteiger partial charge in [-0.2, -0.15) is 0 Å². The highest BCUT2D eigenvalue weighted by Gasteiger charge is 2.25. The molecule has 3 aromatic rings. The molecule has 1 fully saturated rings. The van der Waals surface area contributed by atoms with E-state index in [4.69, 9.17) is 4.98 Å². The van der Waals surface area contributed by atoms with Crippen LogP contribution in [0.2, 0.25) is 0 Å². The van der Waals surface area contributed by atoms with Gasteiger partial charge in [0, 0.05) is 17.5 Å². The lowest BCUT2D eigenvalue weighted by Crippen LogP contribution is -2.28. The van der Waals surface area contributed by atoms with Crippen LogP contribution in [0.25, 0.3) is 10.2 Å². The van der Waals surface area contributed by atoms with Crippen molar-refractivity contribution in [3.8, 4) is 0 Å². The van der Waals surface area contributed by atoms with Gasteiger partial charge in [-0.25, -0.2) is 4.98 Å². The van der Waals surface area contributed by atoms with Crippen LogP contribution >= 0.6 is 23.1 Å². The van der Waals surface area contributed by atoms with Crippen LogP contribution in [-0.4, -0.2) is 21.2 Å². The van der Waals surface area contributed by atoms with Crippen LogP contribution < -0.4 is 10.9 Å². The minimum absolute atomic E-state index is 0.0496. The smallest absolute Gasteiger partial charge is 0.263 e. The Bertz CT molecular complexity index is 1130. The van der Waals surface area contributed by atoms with Crippen LogP contribution in [0.1, 0.15) is 53.3 Å². The normalized spacial score (nSPS) is 14.5. The fraction of sp³-hybridized carbons (Fsp3) is 0.435. The second-order valence-electron chi connectivity index (χ2n) is 8.02. The Kier molecular flexibility index (Phi) is 6.29. The predicted molar refractivity (Wildman–Crippen MR) is 125 cm³/mol. The fourth-order valence-electron chi connectivity index (χ4n) is 3.96. The molecule has 1 saturated carbocycles. The van der Waals surface area contributed by atoms with E-state index < -0.39 is 0 Å². The van der Waals surface area contributed by atoms with Crippen LogP contribution in [-0.2, 0) is 11.3 Å². The largest absolute Gasteiger partial charge is 0.351 e. The van der Waals surface area contributed by atoms with Gasteiger partial charge in [-0.05, 0) is 44.7 Å². The van der Waals surface area contributed by atoms with Crippen molar-refractivity contribution in [3.05, 3.63) is 56.2 Å². The van der Waals surface area contributed by atoms with Crippen molar-refractivity contribution < 1.29 is 4.79 Å². The molecule has 1 aliphatic carbocycles. The van der Waals surface area contributed by atoms with E-state index in [0.717, 1.165) is 51.9 Å². The first-order valence-corrected chi connectivity index (χ1v) is 12.2. The van der Waals surface area contributed by atoms with Crippen molar-refractivity contribution >= 4 is 39.2 Å². The van der Waals surface area contributed by atoms with Gasteiger partial charge in [-0.15, -0.1) is 11.3 Å². The first-order chi connectivity index (χ1) is 14.4. The van der Waals surface area contributed by atoms with E-state index in [0.29, 0.717) is 11.7 Å². The zero-order valence-corrected chi connectivity index (χ0v) is 19.3. The Hall–Kier alpha value is -2.12. The van der Waals surface area contributed by atoms with Gasteiger partial charge in [0.15, 0.2) is 5.16 Å². The zero-order chi connectivity index (χ0) is 21.3. The third-order valence-electron chi connectivity index (χ3n) is 5.84. The lowest BCUT2D eigenvalue weighted by molar-refractivity contribution is -0.118. The number of thioether (sulfide) groups is 1. The Morgan fingerprint density at radius 3 is 2.60 bits per heavy atom. The molecule has 0 unspecified atom stereocenters. The molecule has 0 aliphatic heterocycles. The van der Waals surface area contributed by atoms with E-state index in [1.807, 2.05) is 49.6 Å². The van der Waals surface area contributed by atoms with Gasteiger partial charge in [0.1, 0.15) is 4.83 Å². The third kappa shape index (κ3) is 4.32. The average molecular weight is 442 g/mol. The maximum atomic E-state index is 13.4. The summed E-state index contributed by atoms with van der Waals surface area (Å²) in [5, 5.41) is 4.39. The monoisotopic (exact) mass is 441 g/mol. The summed E-state index contributed by atoms with van der Waals surface area (Å²) in [7, 11) is 0. The fourth-order valence-corrected chi connectivity index (χ4v) is 5.93. The Morgan fingerprint density at radius 2 is 1.90 bits per heavy atom. The van der Waals surface area contributed by atoms with E-state index in [-0.39, 0.29) is 23.3 Å². The third-order valence-corrected chi connectivity index (χ3v) is 7.89. The van der Waals surface area contributed by atoms with Gasteiger partial charge in [0.05, 0.1) is 11.1 Å². The number of hydrogen-bond donors (Lipinski definition) is 1. The van der Waals surface area contributed by atoms with Gasteiger partial charge in [0.25, 0.3) is 5.56 Å². The number of fused-ring (bicyclic) bond motifs is 1. The molecule has 30 heavy (non-hydrogen) atoms. The van der Waals surface area contributed by atoms with E-state index >= 15 is 0 Å². The predicted octanol–water partition coefficient (Wildman–Crippen LogP) is 4.91. The highest BCUT2D eigenvalue weighted by Crippen LogP contribution is 2.34. The second-order valence-corrected chi connectivity index (χ2v) is 10.2. The number of amides is 1. The quantitative estimate of drug-likeness (QED) is 0.436. The van der Waals surface area contributed by atoms with Gasteiger partial charge in [-0.3, -0.25) is 14.2 Å². The molecule has 158 valence electrons. The number of nitrogens with one attached hydrogen (secondary N) is 1. The molecule has 5 nitrogen and oxygen atoms in total. The van der Waals surface area contributed by atoms with Crippen LogP contribution in [0.3, 0.4) is 0 Å². The molecule has 4 rings (SSSR count). The zero-order valence-electron chi connectivity index (χ0n) is 17.7. The summed E-state index contributed by atoms with van der Waals surface area (Å²) < 4.78 is 1.87. The topological polar surface area (TPSA) is 64.0 Å². The Labute approximate surface area is 184 Å². The van der Waals surface area contributed by atoms with Gasteiger partial charge in [0.2, 0.25) is 5.91 Å². The molecule has 1 amide bonds. The number of carbonyl (C=O) groups excluding carboxylic acids is 1. The van der Waals surface area contributed by atoms with E-state index in [1.165, 1.54) is 17.3 Å². The molecule has 0 saturated heterocycles. The van der Waals surface area contributed by atoms with Crippen molar-refractivity contribution in [1.29, 1.82) is 0 Å². The maximum absolute atomic E-state index is 13.4. The molecule has 0 spiro atoms. The first-order valence-electron chi connectivity index (χ1n) is 10.4. The highest BCUT2D eigenvalue weighted by molar-refractivity contribution is 7.99. The van der Waals surface area contributed by atoms with E-state index in [9.17, 15) is 9.59 Å². The molecule has 7 heteroatoms. The van der Waals surface area contributed by atoms with Crippen LogP contribution in [0.5, 0.6) is 0 Å². The van der Waals surface area contributed by atoms with Crippen molar-refractivity contribution in [1.82, 2.24) is 14.9 Å². The molecule has 1 N–H and O–H groups in total. The summed E-state index contributed by atoms with van der Waals surface area (Å²) in [4.78, 5) is 32.6. The summed E-state index contributed by atoms with van der Waals surface area (Å²) in [6, 6.07) is 8.32. The molecule has 1 aliphatic rings. The lowest BCUT2D eigenvalue weighted by Gasteiger charge is -2.18.